The molecule has 0 aliphatic heterocycles. The third-order valence-electron chi connectivity index (χ3n) is 2.70. The van der Waals surface area contributed by atoms with Gasteiger partial charge < -0.3 is 10.4 Å². The van der Waals surface area contributed by atoms with Crippen LogP contribution in [-0.2, 0) is 11.3 Å². The minimum absolute atomic E-state index is 0.134. The topological polar surface area (TPSA) is 104 Å². The quantitative estimate of drug-likeness (QED) is 0.556. The number of H-pyrrole nitrogens is 1. The highest BCUT2D eigenvalue weighted by atomic mass is 16.3. The average Bonchev–Trinajstić information content (AvgIpc) is 2.38. The first-order chi connectivity index (χ1) is 9.02. The number of nitrogens with one attached hydrogen (secondary N) is 2. The molecule has 1 aromatic heterocycles. The predicted octanol–water partition coefficient (Wildman–Crippen LogP) is -0.939. The van der Waals surface area contributed by atoms with Crippen LogP contribution in [0.2, 0.25) is 0 Å². The normalized spacial score (nSPS) is 12.1. The molecular weight excluding hydrogens is 250 g/mol. The molecule has 0 spiro atoms. The smallest absolute Gasteiger partial charge is 0.265 e. The monoisotopic (exact) mass is 269 g/mol. The van der Waals surface area contributed by atoms with Crippen molar-refractivity contribution in [2.24, 2.45) is 5.92 Å². The third kappa shape index (κ3) is 5.52. The molecule has 3 N–H and O–H groups in total. The van der Waals surface area contributed by atoms with Gasteiger partial charge in [0.05, 0.1) is 0 Å². The van der Waals surface area contributed by atoms with E-state index >= 15 is 0 Å². The Morgan fingerprint density at radius 1 is 1.47 bits per heavy atom. The molecule has 1 aromatic rings. The van der Waals surface area contributed by atoms with E-state index in [1.807, 2.05) is 6.92 Å². The lowest BCUT2D eigenvalue weighted by molar-refractivity contribution is -0.121. The van der Waals surface area contributed by atoms with Crippen molar-refractivity contribution in [3.8, 4) is 0 Å². The fourth-order valence-corrected chi connectivity index (χ4v) is 1.55. The first-order valence-electron chi connectivity index (χ1n) is 6.20. The maximum atomic E-state index is 11.5. The fraction of sp³-hybridized carbons (Fsp3) is 0.583. The molecule has 19 heavy (non-hydrogen) atoms. The molecule has 1 heterocycles. The van der Waals surface area contributed by atoms with Crippen LogP contribution >= 0.6 is 0 Å². The number of aliphatic hydroxyl groups is 1. The van der Waals surface area contributed by atoms with Gasteiger partial charge in [-0.25, -0.2) is 4.68 Å². The summed E-state index contributed by atoms with van der Waals surface area (Å²) in [5.41, 5.74) is -0.854. The van der Waals surface area contributed by atoms with Gasteiger partial charge in [-0.15, -0.1) is 0 Å². The van der Waals surface area contributed by atoms with Gasteiger partial charge in [-0.1, -0.05) is 6.92 Å². The number of amides is 1. The number of carbonyl (C=O) groups is 1. The number of aromatic nitrogens is 2. The number of carbonyl (C=O) groups excluding carboxylic acids is 1. The second-order valence-corrected chi connectivity index (χ2v) is 4.51. The lowest BCUT2D eigenvalue weighted by Gasteiger charge is -2.09. The number of nitrogens with zero attached hydrogens (tertiary/aromatic N) is 1. The first-order valence-corrected chi connectivity index (χ1v) is 6.20. The molecule has 7 heteroatoms. The number of hydrogen-bond donors (Lipinski definition) is 3. The van der Waals surface area contributed by atoms with Gasteiger partial charge in [-0.3, -0.25) is 19.5 Å². The van der Waals surface area contributed by atoms with Gasteiger partial charge >= 0.3 is 0 Å². The van der Waals surface area contributed by atoms with Gasteiger partial charge in [0.15, 0.2) is 0 Å². The standard InChI is InChI=1S/C12H19N3O4/c1-9(8-16)3-2-6-13-11(18)7-15-12(19)5-4-10(17)14-15/h4-5,9,16H,2-3,6-8H2,1H3,(H,13,18)(H,14,17). The summed E-state index contributed by atoms with van der Waals surface area (Å²) in [5, 5.41) is 13.8. The van der Waals surface area contributed by atoms with Crippen molar-refractivity contribution in [2.45, 2.75) is 26.3 Å². The van der Waals surface area contributed by atoms with Crippen molar-refractivity contribution in [3.63, 3.8) is 0 Å². The Morgan fingerprint density at radius 2 is 2.21 bits per heavy atom. The fourth-order valence-electron chi connectivity index (χ4n) is 1.55. The lowest BCUT2D eigenvalue weighted by Crippen LogP contribution is -2.36. The molecule has 1 amide bonds. The van der Waals surface area contributed by atoms with E-state index in [-0.39, 0.29) is 25.0 Å². The summed E-state index contributed by atoms with van der Waals surface area (Å²) in [6.45, 7) is 2.34. The van der Waals surface area contributed by atoms with Crippen LogP contribution in [0.4, 0.5) is 0 Å². The van der Waals surface area contributed by atoms with Crippen molar-refractivity contribution in [3.05, 3.63) is 32.8 Å². The molecule has 0 aliphatic carbocycles. The van der Waals surface area contributed by atoms with Gasteiger partial charge in [-0.2, -0.15) is 0 Å². The maximum absolute atomic E-state index is 11.5. The molecule has 0 saturated carbocycles. The molecule has 0 saturated heterocycles. The molecule has 0 radical (unpaired) electrons. The van der Waals surface area contributed by atoms with Crippen LogP contribution in [0.25, 0.3) is 0 Å². The van der Waals surface area contributed by atoms with Crippen LogP contribution in [0.1, 0.15) is 19.8 Å². The maximum Gasteiger partial charge on any atom is 0.265 e. The molecule has 0 bridgehead atoms. The minimum Gasteiger partial charge on any atom is -0.396 e. The second kappa shape index (κ2) is 7.52. The van der Waals surface area contributed by atoms with E-state index < -0.39 is 11.1 Å². The zero-order valence-corrected chi connectivity index (χ0v) is 10.9. The first kappa shape index (κ1) is 15.2. The van der Waals surface area contributed by atoms with Crippen LogP contribution in [0.3, 0.4) is 0 Å². The molecule has 106 valence electrons. The Hall–Kier alpha value is -1.89. The van der Waals surface area contributed by atoms with Crippen molar-refractivity contribution < 1.29 is 9.90 Å². The number of rotatable bonds is 7. The third-order valence-corrected chi connectivity index (χ3v) is 2.70. The SMILES string of the molecule is CC(CO)CCCNC(=O)Cn1[nH]c(=O)ccc1=O. The van der Waals surface area contributed by atoms with Crippen LogP contribution in [0, 0.1) is 5.92 Å². The number of hydrogen-bond acceptors (Lipinski definition) is 4. The molecule has 1 unspecified atom stereocenters. The zero-order chi connectivity index (χ0) is 14.3. The van der Waals surface area contributed by atoms with E-state index in [4.69, 9.17) is 5.11 Å². The van der Waals surface area contributed by atoms with Crippen LogP contribution in [0.15, 0.2) is 21.7 Å². The summed E-state index contributed by atoms with van der Waals surface area (Å²) >= 11 is 0. The molecular formula is C12H19N3O4. The summed E-state index contributed by atoms with van der Waals surface area (Å²) in [7, 11) is 0. The summed E-state index contributed by atoms with van der Waals surface area (Å²) in [6.07, 6.45) is 1.58. The van der Waals surface area contributed by atoms with E-state index in [9.17, 15) is 14.4 Å². The summed E-state index contributed by atoms with van der Waals surface area (Å²) in [4.78, 5) is 33.9. The second-order valence-electron chi connectivity index (χ2n) is 4.51. The van der Waals surface area contributed by atoms with Crippen molar-refractivity contribution >= 4 is 5.91 Å². The Morgan fingerprint density at radius 3 is 2.89 bits per heavy atom. The molecule has 0 aliphatic rings. The highest BCUT2D eigenvalue weighted by Crippen LogP contribution is 2.02. The van der Waals surface area contributed by atoms with Crippen LogP contribution in [0.5, 0.6) is 0 Å². The molecule has 0 fully saturated rings. The summed E-state index contributed by atoms with van der Waals surface area (Å²) < 4.78 is 0.966. The molecule has 7 nitrogen and oxygen atoms in total. The average molecular weight is 269 g/mol. The largest absolute Gasteiger partial charge is 0.396 e. The number of aromatic amines is 1. The van der Waals surface area contributed by atoms with Gasteiger partial charge in [0, 0.05) is 25.3 Å². The highest BCUT2D eigenvalue weighted by Gasteiger charge is 2.05. The van der Waals surface area contributed by atoms with Crippen molar-refractivity contribution in [1.82, 2.24) is 15.1 Å². The predicted molar refractivity (Wildman–Crippen MR) is 69.8 cm³/mol. The van der Waals surface area contributed by atoms with E-state index in [1.165, 1.54) is 0 Å². The Labute approximate surface area is 110 Å². The zero-order valence-electron chi connectivity index (χ0n) is 10.9. The van der Waals surface area contributed by atoms with E-state index in [1.54, 1.807) is 0 Å². The minimum atomic E-state index is -0.427. The summed E-state index contributed by atoms with van der Waals surface area (Å²) in [5.74, 6) is -0.120. The van der Waals surface area contributed by atoms with Crippen LogP contribution < -0.4 is 16.4 Å². The van der Waals surface area contributed by atoms with Crippen molar-refractivity contribution in [1.29, 1.82) is 0 Å². The highest BCUT2D eigenvalue weighted by molar-refractivity contribution is 5.75. The summed E-state index contributed by atoms with van der Waals surface area (Å²) in [6, 6.07) is 2.24. The van der Waals surface area contributed by atoms with Gasteiger partial charge in [0.2, 0.25) is 5.91 Å². The molecule has 1 rings (SSSR count). The van der Waals surface area contributed by atoms with Crippen molar-refractivity contribution in [2.75, 3.05) is 13.2 Å². The van der Waals surface area contributed by atoms with E-state index in [2.05, 4.69) is 10.4 Å². The van der Waals surface area contributed by atoms with E-state index in [0.717, 1.165) is 29.7 Å². The van der Waals surface area contributed by atoms with Gasteiger partial charge in [-0.05, 0) is 18.8 Å². The number of aliphatic hydroxyl groups excluding tert-OH is 1. The van der Waals surface area contributed by atoms with E-state index in [0.29, 0.717) is 6.54 Å². The Balaban J connectivity index is 2.37. The Kier molecular flexibility index (Phi) is 6.01. The Bertz CT molecular complexity index is 520. The molecule has 0 aromatic carbocycles. The van der Waals surface area contributed by atoms with Crippen LogP contribution in [-0.4, -0.2) is 33.9 Å². The van der Waals surface area contributed by atoms with Gasteiger partial charge in [0.25, 0.3) is 11.1 Å². The molecule has 1 atom stereocenters. The van der Waals surface area contributed by atoms with Gasteiger partial charge in [0.1, 0.15) is 6.54 Å². The lowest BCUT2D eigenvalue weighted by atomic mass is 10.1.